The Hall–Kier alpha value is -2.15. The maximum absolute atomic E-state index is 12.4. The third-order valence-corrected chi connectivity index (χ3v) is 4.18. The lowest BCUT2D eigenvalue weighted by Crippen LogP contribution is -2.49. The van der Waals surface area contributed by atoms with Gasteiger partial charge in [0.2, 0.25) is 0 Å². The number of nitrogens with one attached hydrogen (secondary N) is 1. The van der Waals surface area contributed by atoms with E-state index in [1.807, 2.05) is 0 Å². The van der Waals surface area contributed by atoms with Gasteiger partial charge < -0.3 is 20.4 Å². The molecule has 2 atom stereocenters. The van der Waals surface area contributed by atoms with Crippen LogP contribution < -0.4 is 5.32 Å². The number of urea groups is 1. The number of anilines is 1. The summed E-state index contributed by atoms with van der Waals surface area (Å²) in [6.07, 6.45) is 5.35. The lowest BCUT2D eigenvalue weighted by atomic mass is 10.0. The number of hydrogen-bond acceptors (Lipinski definition) is 4. The van der Waals surface area contributed by atoms with E-state index in [0.29, 0.717) is 18.5 Å². The van der Waals surface area contributed by atoms with Crippen LogP contribution in [-0.4, -0.2) is 50.3 Å². The number of hydrogen-bond donors (Lipinski definition) is 3. The van der Waals surface area contributed by atoms with Crippen molar-refractivity contribution in [3.63, 3.8) is 0 Å². The summed E-state index contributed by atoms with van der Waals surface area (Å²) in [7, 11) is 0. The molecule has 0 radical (unpaired) electrons. The van der Waals surface area contributed by atoms with Crippen molar-refractivity contribution in [3.05, 3.63) is 24.0 Å². The van der Waals surface area contributed by atoms with E-state index in [4.69, 9.17) is 5.11 Å². The Morgan fingerprint density at radius 3 is 2.52 bits per heavy atom. The van der Waals surface area contributed by atoms with Crippen LogP contribution in [0.3, 0.4) is 0 Å². The van der Waals surface area contributed by atoms with Crippen LogP contribution in [0.5, 0.6) is 0 Å². The van der Waals surface area contributed by atoms with Gasteiger partial charge in [0.1, 0.15) is 0 Å². The van der Waals surface area contributed by atoms with Gasteiger partial charge in [0.15, 0.2) is 0 Å². The highest BCUT2D eigenvalue weighted by Gasteiger charge is 2.42. The standard InChI is InChI=1S/C14H17N3O4/c18-12-4-10-1-2-11(5-12)17(10)14(21)16-9-3-8(13(19)20)6-15-7-9/h3,6-7,10-12,18H,1-2,4-5H2,(H,16,21)(H,19,20). The van der Waals surface area contributed by atoms with Crippen LogP contribution in [0.2, 0.25) is 0 Å². The highest BCUT2D eigenvalue weighted by atomic mass is 16.4. The summed E-state index contributed by atoms with van der Waals surface area (Å²) in [5.74, 6) is -1.08. The number of fused-ring (bicyclic) bond motifs is 2. The van der Waals surface area contributed by atoms with Crippen molar-refractivity contribution < 1.29 is 19.8 Å². The number of carboxylic acids is 1. The molecule has 0 aromatic carbocycles. The first-order chi connectivity index (χ1) is 10.0. The highest BCUT2D eigenvalue weighted by Crippen LogP contribution is 2.36. The summed E-state index contributed by atoms with van der Waals surface area (Å²) in [6.45, 7) is 0. The Balaban J connectivity index is 1.72. The van der Waals surface area contributed by atoms with Crippen LogP contribution in [0.1, 0.15) is 36.0 Å². The Labute approximate surface area is 121 Å². The summed E-state index contributed by atoms with van der Waals surface area (Å²) in [5.41, 5.74) is 0.398. The zero-order chi connectivity index (χ0) is 15.0. The van der Waals surface area contributed by atoms with Gasteiger partial charge in [-0.1, -0.05) is 0 Å². The smallest absolute Gasteiger partial charge is 0.337 e. The van der Waals surface area contributed by atoms with Crippen molar-refractivity contribution in [2.75, 3.05) is 5.32 Å². The number of aromatic carboxylic acids is 1. The topological polar surface area (TPSA) is 103 Å². The minimum atomic E-state index is -1.08. The number of aromatic nitrogens is 1. The number of carbonyl (C=O) groups is 2. The van der Waals surface area contributed by atoms with E-state index in [0.717, 1.165) is 12.8 Å². The average Bonchev–Trinajstić information content (AvgIpc) is 2.71. The average molecular weight is 291 g/mol. The van der Waals surface area contributed by atoms with Gasteiger partial charge >= 0.3 is 12.0 Å². The van der Waals surface area contributed by atoms with Gasteiger partial charge in [-0.3, -0.25) is 4.98 Å². The molecule has 2 aliphatic heterocycles. The Morgan fingerprint density at radius 1 is 1.24 bits per heavy atom. The van der Waals surface area contributed by atoms with Gasteiger partial charge in [-0.05, 0) is 31.7 Å². The van der Waals surface area contributed by atoms with Crippen molar-refractivity contribution in [2.45, 2.75) is 43.9 Å². The van der Waals surface area contributed by atoms with Crippen LogP contribution in [0.25, 0.3) is 0 Å². The molecule has 2 saturated heterocycles. The molecule has 21 heavy (non-hydrogen) atoms. The van der Waals surface area contributed by atoms with Crippen molar-refractivity contribution in [1.29, 1.82) is 0 Å². The molecular weight excluding hydrogens is 274 g/mol. The van der Waals surface area contributed by atoms with Crippen LogP contribution in [0, 0.1) is 0 Å². The van der Waals surface area contributed by atoms with E-state index >= 15 is 0 Å². The number of carbonyl (C=O) groups excluding carboxylic acids is 1. The predicted molar refractivity (Wildman–Crippen MR) is 74.1 cm³/mol. The highest BCUT2D eigenvalue weighted by molar-refractivity contribution is 5.93. The molecule has 112 valence electrons. The van der Waals surface area contributed by atoms with Crippen molar-refractivity contribution in [1.82, 2.24) is 9.88 Å². The number of piperidine rings is 1. The molecule has 0 aliphatic carbocycles. The first-order valence-corrected chi connectivity index (χ1v) is 7.00. The van der Waals surface area contributed by atoms with Gasteiger partial charge in [0, 0.05) is 18.3 Å². The van der Waals surface area contributed by atoms with Gasteiger partial charge in [-0.15, -0.1) is 0 Å². The summed E-state index contributed by atoms with van der Waals surface area (Å²) in [5, 5.41) is 21.4. The third-order valence-electron chi connectivity index (χ3n) is 4.18. The Kier molecular flexibility index (Phi) is 3.50. The molecule has 2 aliphatic rings. The normalized spacial score (nSPS) is 27.5. The number of aliphatic hydroxyl groups is 1. The summed E-state index contributed by atoms with van der Waals surface area (Å²) in [4.78, 5) is 28.9. The van der Waals surface area contributed by atoms with E-state index in [1.54, 1.807) is 4.90 Å². The van der Waals surface area contributed by atoms with Crippen LogP contribution in [-0.2, 0) is 0 Å². The molecule has 2 fully saturated rings. The van der Waals surface area contributed by atoms with Gasteiger partial charge in [-0.2, -0.15) is 0 Å². The van der Waals surface area contributed by atoms with Crippen molar-refractivity contribution >= 4 is 17.7 Å². The summed E-state index contributed by atoms with van der Waals surface area (Å²) >= 11 is 0. The zero-order valence-electron chi connectivity index (χ0n) is 11.4. The zero-order valence-corrected chi connectivity index (χ0v) is 11.4. The van der Waals surface area contributed by atoms with E-state index in [-0.39, 0.29) is 29.8 Å². The Bertz CT molecular complexity index is 563. The molecular formula is C14H17N3O4. The number of carboxylic acid groups (broad SMARTS) is 1. The largest absolute Gasteiger partial charge is 0.478 e. The second-order valence-corrected chi connectivity index (χ2v) is 5.62. The quantitative estimate of drug-likeness (QED) is 0.762. The number of rotatable bonds is 2. The number of pyridine rings is 1. The molecule has 0 saturated carbocycles. The lowest BCUT2D eigenvalue weighted by Gasteiger charge is -2.37. The van der Waals surface area contributed by atoms with E-state index in [9.17, 15) is 14.7 Å². The first-order valence-electron chi connectivity index (χ1n) is 7.00. The maximum Gasteiger partial charge on any atom is 0.337 e. The molecule has 7 heteroatoms. The molecule has 2 unspecified atom stereocenters. The Morgan fingerprint density at radius 2 is 1.90 bits per heavy atom. The molecule has 3 rings (SSSR count). The van der Waals surface area contributed by atoms with Crippen molar-refractivity contribution in [3.8, 4) is 0 Å². The monoisotopic (exact) mass is 291 g/mol. The number of amides is 2. The minimum Gasteiger partial charge on any atom is -0.478 e. The van der Waals surface area contributed by atoms with E-state index in [1.165, 1.54) is 18.5 Å². The minimum absolute atomic E-state index is 0.0323. The van der Waals surface area contributed by atoms with Crippen molar-refractivity contribution in [2.24, 2.45) is 0 Å². The molecule has 1 aromatic heterocycles. The summed E-state index contributed by atoms with van der Waals surface area (Å²) < 4.78 is 0. The molecule has 3 N–H and O–H groups in total. The van der Waals surface area contributed by atoms with Crippen LogP contribution in [0.4, 0.5) is 10.5 Å². The van der Waals surface area contributed by atoms with Gasteiger partial charge in [-0.25, -0.2) is 9.59 Å². The SMILES string of the molecule is O=C(O)c1cncc(NC(=O)N2C3CCC2CC(O)C3)c1. The molecule has 2 amide bonds. The number of aliphatic hydroxyl groups excluding tert-OH is 1. The van der Waals surface area contributed by atoms with Gasteiger partial charge in [0.25, 0.3) is 0 Å². The summed E-state index contributed by atoms with van der Waals surface area (Å²) in [6, 6.07) is 1.26. The fourth-order valence-corrected chi connectivity index (χ4v) is 3.29. The maximum atomic E-state index is 12.4. The molecule has 3 heterocycles. The van der Waals surface area contributed by atoms with Crippen LogP contribution >= 0.6 is 0 Å². The van der Waals surface area contributed by atoms with Gasteiger partial charge in [0.05, 0.1) is 23.6 Å². The molecule has 1 aromatic rings. The molecule has 2 bridgehead atoms. The van der Waals surface area contributed by atoms with E-state index in [2.05, 4.69) is 10.3 Å². The second kappa shape index (κ2) is 5.33. The molecule has 7 nitrogen and oxygen atoms in total. The third kappa shape index (κ3) is 2.69. The lowest BCUT2D eigenvalue weighted by molar-refractivity contribution is 0.0579. The second-order valence-electron chi connectivity index (χ2n) is 5.62. The fourth-order valence-electron chi connectivity index (χ4n) is 3.29. The van der Waals surface area contributed by atoms with Crippen LogP contribution in [0.15, 0.2) is 18.5 Å². The number of nitrogens with zero attached hydrogens (tertiary/aromatic N) is 2. The fraction of sp³-hybridized carbons (Fsp3) is 0.500. The van der Waals surface area contributed by atoms with E-state index < -0.39 is 5.97 Å². The first kappa shape index (κ1) is 13.8. The predicted octanol–water partition coefficient (Wildman–Crippen LogP) is 1.30. The molecule has 0 spiro atoms.